The van der Waals surface area contributed by atoms with E-state index in [4.69, 9.17) is 0 Å². The van der Waals surface area contributed by atoms with E-state index in [2.05, 4.69) is 25.9 Å². The summed E-state index contributed by atoms with van der Waals surface area (Å²) in [7, 11) is 0. The lowest BCUT2D eigenvalue weighted by Crippen LogP contribution is -2.54. The van der Waals surface area contributed by atoms with Crippen LogP contribution in [0.1, 0.15) is 25.0 Å². The molecular formula is C34H27N7O8. The highest BCUT2D eigenvalue weighted by molar-refractivity contribution is 6.37. The van der Waals surface area contributed by atoms with Crippen molar-refractivity contribution in [2.45, 2.75) is 13.8 Å². The van der Waals surface area contributed by atoms with Crippen LogP contribution < -0.4 is 32.1 Å². The van der Waals surface area contributed by atoms with Gasteiger partial charge in [-0.25, -0.2) is 19.1 Å². The normalized spacial score (nSPS) is 14.2. The SMILES string of the molecule is CC(=O)Nc1ccc(N2C(=O)NC(=O)\C(=C/C=C(/C=C/c3c(O)[nH]c(=O)n(-c4ccc(NC(C)=O)cc4)c3=O)c3ccncc3)C2=O)cc1. The number of allylic oxidation sites excluding steroid dienone is 4. The van der Waals surface area contributed by atoms with Crippen molar-refractivity contribution in [3.8, 4) is 11.6 Å². The second-order valence-corrected chi connectivity index (χ2v) is 10.5. The van der Waals surface area contributed by atoms with Gasteiger partial charge in [-0.1, -0.05) is 12.2 Å². The number of anilines is 3. The average molecular weight is 662 g/mol. The van der Waals surface area contributed by atoms with Gasteiger partial charge in [0.05, 0.1) is 11.4 Å². The van der Waals surface area contributed by atoms with E-state index in [1.807, 2.05) is 0 Å². The average Bonchev–Trinajstić information content (AvgIpc) is 3.04. The number of nitrogens with zero attached hydrogens (tertiary/aromatic N) is 3. The van der Waals surface area contributed by atoms with E-state index in [1.165, 1.54) is 99.1 Å². The standard InChI is InChI=1S/C34H27N7O8/c1-19(42)36-23-5-9-25(10-6-23)40-31(46)27(29(44)38-33(40)48)13-3-21(22-15-17-35-18-16-22)4-14-28-30(45)39-34(49)41(32(28)47)26-11-7-24(8-12-26)37-20(2)43/h3-18,44H,1-2H3,(H,36,42)(H,37,43)(H,38,48)(H,39,45,49)/b13-3+,21-4-,28-14+. The molecule has 0 spiro atoms. The monoisotopic (exact) mass is 661 g/mol. The van der Waals surface area contributed by atoms with E-state index in [1.54, 1.807) is 12.1 Å². The minimum absolute atomic E-state index is 0.141. The molecule has 0 radical (unpaired) electrons. The quantitative estimate of drug-likeness (QED) is 0.107. The van der Waals surface area contributed by atoms with Crippen molar-refractivity contribution in [3.63, 3.8) is 0 Å². The van der Waals surface area contributed by atoms with Crippen LogP contribution in [0.25, 0.3) is 17.3 Å². The number of urea groups is 1. The number of imide groups is 2. The fourth-order valence-corrected chi connectivity index (χ4v) is 4.77. The minimum Gasteiger partial charge on any atom is -0.494 e. The largest absolute Gasteiger partial charge is 0.494 e. The highest BCUT2D eigenvalue weighted by atomic mass is 16.3. The molecule has 0 unspecified atom stereocenters. The lowest BCUT2D eigenvalue weighted by atomic mass is 10.0. The second kappa shape index (κ2) is 14.1. The predicted octanol–water partition coefficient (Wildman–Crippen LogP) is 2.85. The number of nitrogens with one attached hydrogen (secondary N) is 4. The molecule has 246 valence electrons. The van der Waals surface area contributed by atoms with Crippen LogP contribution in [-0.4, -0.2) is 49.3 Å². The third-order valence-electron chi connectivity index (χ3n) is 6.98. The maximum Gasteiger partial charge on any atom is 0.335 e. The molecule has 3 heterocycles. The summed E-state index contributed by atoms with van der Waals surface area (Å²) in [4.78, 5) is 94.7. The smallest absolute Gasteiger partial charge is 0.335 e. The van der Waals surface area contributed by atoms with Crippen LogP contribution in [0.2, 0.25) is 0 Å². The Hall–Kier alpha value is -7.16. The van der Waals surface area contributed by atoms with Gasteiger partial charge in [0, 0.05) is 37.6 Å². The number of rotatable bonds is 8. The highest BCUT2D eigenvalue weighted by Crippen LogP contribution is 2.24. The van der Waals surface area contributed by atoms with Crippen LogP contribution in [-0.2, 0) is 19.2 Å². The van der Waals surface area contributed by atoms with E-state index >= 15 is 0 Å². The van der Waals surface area contributed by atoms with Gasteiger partial charge in [-0.05, 0) is 84.0 Å². The van der Waals surface area contributed by atoms with Gasteiger partial charge in [0.2, 0.25) is 17.7 Å². The summed E-state index contributed by atoms with van der Waals surface area (Å²) >= 11 is 0. The lowest BCUT2D eigenvalue weighted by molar-refractivity contribution is -0.123. The molecular weight excluding hydrogens is 634 g/mol. The van der Waals surface area contributed by atoms with Gasteiger partial charge in [0.25, 0.3) is 17.4 Å². The molecule has 6 amide bonds. The number of aromatic amines is 1. The lowest BCUT2D eigenvalue weighted by Gasteiger charge is -2.26. The molecule has 1 fully saturated rings. The van der Waals surface area contributed by atoms with Crippen LogP contribution >= 0.6 is 0 Å². The minimum atomic E-state index is -0.966. The molecule has 2 aromatic heterocycles. The van der Waals surface area contributed by atoms with Gasteiger partial charge in [-0.2, -0.15) is 0 Å². The topological polar surface area (TPSA) is 213 Å². The van der Waals surface area contributed by atoms with Crippen LogP contribution in [0.5, 0.6) is 5.88 Å². The van der Waals surface area contributed by atoms with Crippen molar-refractivity contribution >= 4 is 58.4 Å². The van der Waals surface area contributed by atoms with Crippen LogP contribution in [0.15, 0.2) is 106 Å². The van der Waals surface area contributed by atoms with E-state index in [9.17, 15) is 38.7 Å². The van der Waals surface area contributed by atoms with Gasteiger partial charge in [0.15, 0.2) is 0 Å². The molecule has 5 N–H and O–H groups in total. The molecule has 49 heavy (non-hydrogen) atoms. The van der Waals surface area contributed by atoms with Gasteiger partial charge < -0.3 is 15.7 Å². The number of amides is 6. The predicted molar refractivity (Wildman–Crippen MR) is 180 cm³/mol. The van der Waals surface area contributed by atoms with Crippen molar-refractivity contribution in [3.05, 3.63) is 129 Å². The van der Waals surface area contributed by atoms with Gasteiger partial charge in [-0.15, -0.1) is 0 Å². The summed E-state index contributed by atoms with van der Waals surface area (Å²) in [5, 5.41) is 17.8. The number of hydrogen-bond donors (Lipinski definition) is 5. The zero-order valence-electron chi connectivity index (χ0n) is 25.9. The van der Waals surface area contributed by atoms with E-state index in [0.717, 1.165) is 9.47 Å². The third kappa shape index (κ3) is 7.47. The summed E-state index contributed by atoms with van der Waals surface area (Å²) in [5.74, 6) is -3.17. The Morgan fingerprint density at radius 3 is 1.96 bits per heavy atom. The summed E-state index contributed by atoms with van der Waals surface area (Å²) < 4.78 is 0.800. The van der Waals surface area contributed by atoms with Gasteiger partial charge >= 0.3 is 11.7 Å². The maximum absolute atomic E-state index is 13.5. The van der Waals surface area contributed by atoms with E-state index < -0.39 is 35.0 Å². The molecule has 15 nitrogen and oxygen atoms in total. The summed E-state index contributed by atoms with van der Waals surface area (Å²) in [6.07, 6.45) is 8.24. The Morgan fingerprint density at radius 2 is 1.39 bits per heavy atom. The number of aromatic hydroxyl groups is 1. The fraction of sp³-hybridized carbons (Fsp3) is 0.0588. The first kappa shape index (κ1) is 33.2. The van der Waals surface area contributed by atoms with Crippen LogP contribution in [0, 0.1) is 0 Å². The fourth-order valence-electron chi connectivity index (χ4n) is 4.77. The number of carbonyl (C=O) groups excluding carboxylic acids is 5. The Bertz CT molecular complexity index is 2200. The molecule has 2 aromatic carbocycles. The van der Waals surface area contributed by atoms with Crippen molar-refractivity contribution < 1.29 is 29.1 Å². The Labute approximate surface area is 276 Å². The number of hydrogen-bond acceptors (Lipinski definition) is 9. The summed E-state index contributed by atoms with van der Waals surface area (Å²) in [5.41, 5.74) is -0.390. The molecule has 1 saturated heterocycles. The van der Waals surface area contributed by atoms with Crippen LogP contribution in [0.3, 0.4) is 0 Å². The highest BCUT2D eigenvalue weighted by Gasteiger charge is 2.36. The molecule has 15 heteroatoms. The zero-order valence-corrected chi connectivity index (χ0v) is 25.9. The number of pyridine rings is 1. The first-order valence-electron chi connectivity index (χ1n) is 14.5. The molecule has 0 atom stereocenters. The number of H-pyrrole nitrogens is 1. The Balaban J connectivity index is 1.52. The van der Waals surface area contributed by atoms with Crippen molar-refractivity contribution in [2.75, 3.05) is 15.5 Å². The van der Waals surface area contributed by atoms with Crippen molar-refractivity contribution in [2.24, 2.45) is 0 Å². The number of carbonyl (C=O) groups is 5. The molecule has 0 bridgehead atoms. The molecule has 0 aliphatic carbocycles. The molecule has 5 rings (SSSR count). The first-order valence-corrected chi connectivity index (χ1v) is 14.5. The second-order valence-electron chi connectivity index (χ2n) is 10.5. The van der Waals surface area contributed by atoms with E-state index in [0.29, 0.717) is 22.5 Å². The van der Waals surface area contributed by atoms with Crippen molar-refractivity contribution in [1.82, 2.24) is 19.9 Å². The third-order valence-corrected chi connectivity index (χ3v) is 6.98. The first-order chi connectivity index (χ1) is 23.4. The number of barbiturate groups is 1. The molecule has 4 aromatic rings. The van der Waals surface area contributed by atoms with Crippen LogP contribution in [0.4, 0.5) is 21.9 Å². The molecule has 0 saturated carbocycles. The Morgan fingerprint density at radius 1 is 0.816 bits per heavy atom. The zero-order chi connectivity index (χ0) is 35.2. The number of benzene rings is 2. The molecule has 1 aliphatic heterocycles. The maximum atomic E-state index is 13.5. The van der Waals surface area contributed by atoms with E-state index in [-0.39, 0.29) is 34.3 Å². The van der Waals surface area contributed by atoms with Gasteiger partial charge in [-0.3, -0.25) is 39.3 Å². The number of aromatic nitrogens is 3. The Kier molecular flexibility index (Phi) is 9.55. The summed E-state index contributed by atoms with van der Waals surface area (Å²) in [6.45, 7) is 2.67. The molecule has 1 aliphatic rings. The van der Waals surface area contributed by atoms with Crippen molar-refractivity contribution in [1.29, 1.82) is 0 Å². The summed E-state index contributed by atoms with van der Waals surface area (Å²) in [6, 6.07) is 14.0. The van der Waals surface area contributed by atoms with Gasteiger partial charge in [0.1, 0.15) is 11.1 Å².